The molecule has 0 saturated heterocycles. The fourth-order valence-corrected chi connectivity index (χ4v) is 1.63. The summed E-state index contributed by atoms with van der Waals surface area (Å²) in [5, 5.41) is 8.65. The number of hydrogen-bond acceptors (Lipinski definition) is 2. The summed E-state index contributed by atoms with van der Waals surface area (Å²) in [6, 6.07) is 7.83. The average molecular weight is 221 g/mol. The van der Waals surface area contributed by atoms with Crippen molar-refractivity contribution < 1.29 is 9.90 Å². The highest BCUT2D eigenvalue weighted by Gasteiger charge is 2.11. The Balaban J connectivity index is 2.60. The third-order valence-corrected chi connectivity index (χ3v) is 2.65. The van der Waals surface area contributed by atoms with E-state index in [4.69, 9.17) is 5.11 Å². The van der Waals surface area contributed by atoms with Crippen molar-refractivity contribution in [1.29, 1.82) is 0 Å². The molecule has 0 atom stereocenters. The van der Waals surface area contributed by atoms with Gasteiger partial charge in [-0.05, 0) is 31.4 Å². The van der Waals surface area contributed by atoms with Crippen molar-refractivity contribution >= 4 is 11.6 Å². The Morgan fingerprint density at radius 2 is 2.00 bits per heavy atom. The van der Waals surface area contributed by atoms with Gasteiger partial charge in [0, 0.05) is 25.8 Å². The first-order valence-electron chi connectivity index (χ1n) is 5.60. The van der Waals surface area contributed by atoms with Crippen molar-refractivity contribution in [3.63, 3.8) is 0 Å². The van der Waals surface area contributed by atoms with E-state index in [1.807, 2.05) is 31.2 Å². The maximum absolute atomic E-state index is 11.8. The number of unbranched alkanes of at least 4 members (excludes halogenated alkanes) is 1. The molecule has 1 amide bonds. The summed E-state index contributed by atoms with van der Waals surface area (Å²) < 4.78 is 0. The van der Waals surface area contributed by atoms with E-state index >= 15 is 0 Å². The van der Waals surface area contributed by atoms with Crippen LogP contribution in [0.5, 0.6) is 0 Å². The second-order valence-corrected chi connectivity index (χ2v) is 3.92. The van der Waals surface area contributed by atoms with Crippen molar-refractivity contribution in [3.8, 4) is 0 Å². The molecule has 0 aromatic heterocycles. The first-order valence-corrected chi connectivity index (χ1v) is 5.60. The Kier molecular flexibility index (Phi) is 4.99. The number of carbonyl (C=O) groups is 1. The van der Waals surface area contributed by atoms with Crippen LogP contribution < -0.4 is 4.90 Å². The Bertz CT molecular complexity index is 350. The molecule has 0 unspecified atom stereocenters. The highest BCUT2D eigenvalue weighted by molar-refractivity contribution is 5.93. The van der Waals surface area contributed by atoms with Crippen LogP contribution in [0.4, 0.5) is 5.69 Å². The number of aliphatic hydroxyl groups excluding tert-OH is 1. The minimum atomic E-state index is 0.0998. The van der Waals surface area contributed by atoms with E-state index in [0.29, 0.717) is 12.8 Å². The van der Waals surface area contributed by atoms with E-state index in [0.717, 1.165) is 17.7 Å². The summed E-state index contributed by atoms with van der Waals surface area (Å²) in [6.07, 6.45) is 1.92. The van der Waals surface area contributed by atoms with Gasteiger partial charge in [-0.3, -0.25) is 4.79 Å². The lowest BCUT2D eigenvalue weighted by molar-refractivity contribution is -0.118. The Hall–Kier alpha value is -1.35. The average Bonchev–Trinajstić information content (AvgIpc) is 2.29. The highest BCUT2D eigenvalue weighted by Crippen LogP contribution is 2.18. The molecule has 0 aliphatic heterocycles. The van der Waals surface area contributed by atoms with Gasteiger partial charge in [-0.15, -0.1) is 0 Å². The largest absolute Gasteiger partial charge is 0.396 e. The number of amides is 1. The molecule has 1 N–H and O–H groups in total. The number of benzene rings is 1. The van der Waals surface area contributed by atoms with E-state index in [2.05, 4.69) is 0 Å². The van der Waals surface area contributed by atoms with E-state index < -0.39 is 0 Å². The van der Waals surface area contributed by atoms with Crippen molar-refractivity contribution in [2.75, 3.05) is 18.6 Å². The third-order valence-electron chi connectivity index (χ3n) is 2.65. The fourth-order valence-electron chi connectivity index (χ4n) is 1.63. The van der Waals surface area contributed by atoms with Gasteiger partial charge in [0.25, 0.3) is 0 Å². The quantitative estimate of drug-likeness (QED) is 0.774. The molecule has 0 spiro atoms. The van der Waals surface area contributed by atoms with Gasteiger partial charge in [0.1, 0.15) is 0 Å². The first kappa shape index (κ1) is 12.7. The lowest BCUT2D eigenvalue weighted by Gasteiger charge is -2.19. The number of aryl methyl sites for hydroxylation is 1. The molecule has 0 fully saturated rings. The molecule has 0 heterocycles. The smallest absolute Gasteiger partial charge is 0.226 e. The molecule has 3 heteroatoms. The molecule has 16 heavy (non-hydrogen) atoms. The molecule has 0 radical (unpaired) electrons. The summed E-state index contributed by atoms with van der Waals surface area (Å²) in [6.45, 7) is 2.15. The van der Waals surface area contributed by atoms with Crippen LogP contribution in [0, 0.1) is 6.92 Å². The number of hydrogen-bond donors (Lipinski definition) is 1. The van der Waals surface area contributed by atoms with E-state index in [-0.39, 0.29) is 12.5 Å². The van der Waals surface area contributed by atoms with Crippen LogP contribution >= 0.6 is 0 Å². The molecule has 0 bridgehead atoms. The second kappa shape index (κ2) is 6.28. The summed E-state index contributed by atoms with van der Waals surface area (Å²) in [7, 11) is 1.80. The molecule has 1 rings (SSSR count). The summed E-state index contributed by atoms with van der Waals surface area (Å²) in [5.74, 6) is 0.0998. The van der Waals surface area contributed by atoms with Gasteiger partial charge in [0.2, 0.25) is 5.91 Å². The van der Waals surface area contributed by atoms with Gasteiger partial charge < -0.3 is 10.0 Å². The lowest BCUT2D eigenvalue weighted by atomic mass is 10.1. The van der Waals surface area contributed by atoms with Crippen molar-refractivity contribution in [1.82, 2.24) is 0 Å². The normalized spacial score (nSPS) is 10.2. The van der Waals surface area contributed by atoms with Crippen LogP contribution in [0.25, 0.3) is 0 Å². The number of rotatable bonds is 5. The number of nitrogens with zero attached hydrogens (tertiary/aromatic N) is 1. The third kappa shape index (κ3) is 3.35. The van der Waals surface area contributed by atoms with Gasteiger partial charge in [0.05, 0.1) is 0 Å². The van der Waals surface area contributed by atoms with Gasteiger partial charge in [-0.25, -0.2) is 0 Å². The van der Waals surface area contributed by atoms with Crippen LogP contribution in [0.3, 0.4) is 0 Å². The number of carbonyl (C=O) groups excluding carboxylic acids is 1. The molecule has 0 aliphatic rings. The summed E-state index contributed by atoms with van der Waals surface area (Å²) in [5.41, 5.74) is 2.05. The van der Waals surface area contributed by atoms with Crippen LogP contribution in [-0.2, 0) is 4.79 Å². The maximum atomic E-state index is 11.8. The molecular weight excluding hydrogens is 202 g/mol. The Morgan fingerprint density at radius 3 is 2.62 bits per heavy atom. The molecular formula is C13H19NO2. The number of anilines is 1. The predicted octanol–water partition coefficient (Wildman–Crippen LogP) is 2.12. The van der Waals surface area contributed by atoms with E-state index in [1.54, 1.807) is 11.9 Å². The zero-order chi connectivity index (χ0) is 12.0. The van der Waals surface area contributed by atoms with Gasteiger partial charge >= 0.3 is 0 Å². The number of aliphatic hydroxyl groups is 1. The van der Waals surface area contributed by atoms with Crippen molar-refractivity contribution in [2.45, 2.75) is 26.2 Å². The molecule has 3 nitrogen and oxygen atoms in total. The fraction of sp³-hybridized carbons (Fsp3) is 0.462. The topological polar surface area (TPSA) is 40.5 Å². The Morgan fingerprint density at radius 1 is 1.31 bits per heavy atom. The molecule has 0 saturated carbocycles. The van der Waals surface area contributed by atoms with Crippen molar-refractivity contribution in [3.05, 3.63) is 29.8 Å². The standard InChI is InChI=1S/C13H19NO2/c1-11-7-3-4-8-12(11)14(2)13(16)9-5-6-10-15/h3-4,7-8,15H,5-6,9-10H2,1-2H3. The molecule has 1 aromatic rings. The zero-order valence-corrected chi connectivity index (χ0v) is 9.94. The van der Waals surface area contributed by atoms with Crippen LogP contribution in [-0.4, -0.2) is 24.7 Å². The highest BCUT2D eigenvalue weighted by atomic mass is 16.3. The molecule has 1 aromatic carbocycles. The minimum Gasteiger partial charge on any atom is -0.396 e. The Labute approximate surface area is 96.7 Å². The second-order valence-electron chi connectivity index (χ2n) is 3.92. The molecule has 88 valence electrons. The molecule has 0 aliphatic carbocycles. The van der Waals surface area contributed by atoms with Crippen LogP contribution in [0.1, 0.15) is 24.8 Å². The van der Waals surface area contributed by atoms with Gasteiger partial charge in [0.15, 0.2) is 0 Å². The van der Waals surface area contributed by atoms with Gasteiger partial charge in [-0.2, -0.15) is 0 Å². The SMILES string of the molecule is Cc1ccccc1N(C)C(=O)CCCCO. The van der Waals surface area contributed by atoms with E-state index in [1.165, 1.54) is 0 Å². The zero-order valence-electron chi connectivity index (χ0n) is 9.94. The van der Waals surface area contributed by atoms with Crippen LogP contribution in [0.15, 0.2) is 24.3 Å². The van der Waals surface area contributed by atoms with Crippen molar-refractivity contribution in [2.24, 2.45) is 0 Å². The maximum Gasteiger partial charge on any atom is 0.226 e. The van der Waals surface area contributed by atoms with E-state index in [9.17, 15) is 4.79 Å². The lowest BCUT2D eigenvalue weighted by Crippen LogP contribution is -2.26. The number of para-hydroxylation sites is 1. The van der Waals surface area contributed by atoms with Gasteiger partial charge in [-0.1, -0.05) is 18.2 Å². The predicted molar refractivity (Wildman–Crippen MR) is 65.5 cm³/mol. The van der Waals surface area contributed by atoms with Crippen LogP contribution in [0.2, 0.25) is 0 Å². The monoisotopic (exact) mass is 221 g/mol. The summed E-state index contributed by atoms with van der Waals surface area (Å²) in [4.78, 5) is 13.5. The first-order chi connectivity index (χ1) is 7.66. The summed E-state index contributed by atoms with van der Waals surface area (Å²) >= 11 is 0. The minimum absolute atomic E-state index is 0.0998.